The Bertz CT molecular complexity index is 1070. The number of hydrogen-bond donors (Lipinski definition) is 2. The number of aryl methyl sites for hydroxylation is 4. The van der Waals surface area contributed by atoms with E-state index < -0.39 is 0 Å². The molecule has 2 N–H and O–H groups in total. The molecule has 1 aromatic heterocycles. The van der Waals surface area contributed by atoms with Crippen LogP contribution in [0.5, 0.6) is 0 Å². The highest BCUT2D eigenvalue weighted by molar-refractivity contribution is 5.97. The van der Waals surface area contributed by atoms with Crippen LogP contribution in [-0.2, 0) is 6.54 Å². The molecule has 0 radical (unpaired) electrons. The fourth-order valence-corrected chi connectivity index (χ4v) is 3.90. The molecule has 29 heavy (non-hydrogen) atoms. The van der Waals surface area contributed by atoms with Gasteiger partial charge in [0, 0.05) is 29.3 Å². The molecule has 0 bridgehead atoms. The van der Waals surface area contributed by atoms with Crippen molar-refractivity contribution in [3.8, 4) is 0 Å². The van der Waals surface area contributed by atoms with Gasteiger partial charge in [0.15, 0.2) is 0 Å². The van der Waals surface area contributed by atoms with Gasteiger partial charge in [-0.3, -0.25) is 9.59 Å². The number of nitrogens with one attached hydrogen (secondary N) is 2. The van der Waals surface area contributed by atoms with E-state index in [0.717, 1.165) is 22.4 Å². The fourth-order valence-electron chi connectivity index (χ4n) is 3.90. The summed E-state index contributed by atoms with van der Waals surface area (Å²) in [6.45, 7) is 10.1. The number of H-pyrrole nitrogens is 1. The van der Waals surface area contributed by atoms with Crippen LogP contribution in [0.15, 0.2) is 53.3 Å². The first kappa shape index (κ1) is 20.6. The minimum atomic E-state index is -0.154. The summed E-state index contributed by atoms with van der Waals surface area (Å²) in [5, 5.41) is 2.92. The lowest BCUT2D eigenvalue weighted by Crippen LogP contribution is -2.29. The number of pyridine rings is 1. The molecule has 0 fully saturated rings. The molecule has 1 heterocycles. The molecule has 1 atom stereocenters. The summed E-state index contributed by atoms with van der Waals surface area (Å²) < 4.78 is 0. The van der Waals surface area contributed by atoms with Crippen molar-refractivity contribution in [3.63, 3.8) is 0 Å². The molecule has 4 heteroatoms. The predicted octanol–water partition coefficient (Wildman–Crippen LogP) is 4.69. The molecule has 0 aliphatic carbocycles. The molecular weight excluding hydrogens is 360 g/mol. The van der Waals surface area contributed by atoms with Crippen molar-refractivity contribution in [3.05, 3.63) is 104 Å². The number of carbonyl (C=O) groups excluding carboxylic acids is 1. The SMILES string of the molecule is Cc1cc(C)c(CNC(=O)c2c(C)cc([C@@H](C)c3ccccc3)cc2C)c(=O)[nH]1. The quantitative estimate of drug-likeness (QED) is 0.666. The maximum atomic E-state index is 12.9. The van der Waals surface area contributed by atoms with E-state index in [0.29, 0.717) is 11.1 Å². The maximum Gasteiger partial charge on any atom is 0.253 e. The van der Waals surface area contributed by atoms with Crippen LogP contribution in [0.3, 0.4) is 0 Å². The number of hydrogen-bond acceptors (Lipinski definition) is 2. The summed E-state index contributed by atoms with van der Waals surface area (Å²) >= 11 is 0. The molecule has 0 saturated carbocycles. The van der Waals surface area contributed by atoms with Crippen molar-refractivity contribution in [1.29, 1.82) is 0 Å². The van der Waals surface area contributed by atoms with Crippen molar-refractivity contribution < 1.29 is 4.79 Å². The van der Waals surface area contributed by atoms with Gasteiger partial charge < -0.3 is 10.3 Å². The molecule has 3 rings (SSSR count). The molecule has 3 aromatic rings. The highest BCUT2D eigenvalue weighted by Gasteiger charge is 2.17. The third kappa shape index (κ3) is 4.48. The van der Waals surface area contributed by atoms with Crippen molar-refractivity contribution in [2.24, 2.45) is 0 Å². The third-order valence-electron chi connectivity index (χ3n) is 5.50. The van der Waals surface area contributed by atoms with Gasteiger partial charge in [0.1, 0.15) is 0 Å². The molecule has 0 aliphatic rings. The Morgan fingerprint density at radius 3 is 2.14 bits per heavy atom. The summed E-state index contributed by atoms with van der Waals surface area (Å²) in [6, 6.07) is 16.4. The number of carbonyl (C=O) groups is 1. The highest BCUT2D eigenvalue weighted by Crippen LogP contribution is 2.27. The van der Waals surface area contributed by atoms with Gasteiger partial charge in [0.2, 0.25) is 0 Å². The molecule has 150 valence electrons. The topological polar surface area (TPSA) is 62.0 Å². The average Bonchev–Trinajstić information content (AvgIpc) is 2.66. The van der Waals surface area contributed by atoms with Crippen LogP contribution in [0.2, 0.25) is 0 Å². The van der Waals surface area contributed by atoms with Crippen LogP contribution in [-0.4, -0.2) is 10.9 Å². The van der Waals surface area contributed by atoms with Crippen molar-refractivity contribution in [1.82, 2.24) is 10.3 Å². The minimum Gasteiger partial charge on any atom is -0.348 e. The van der Waals surface area contributed by atoms with E-state index >= 15 is 0 Å². The Kier molecular flexibility index (Phi) is 6.02. The van der Waals surface area contributed by atoms with E-state index in [9.17, 15) is 9.59 Å². The minimum absolute atomic E-state index is 0.150. The van der Waals surface area contributed by atoms with Crippen LogP contribution >= 0.6 is 0 Å². The average molecular weight is 389 g/mol. The number of aromatic amines is 1. The number of rotatable bonds is 5. The van der Waals surface area contributed by atoms with Crippen LogP contribution in [0.1, 0.15) is 62.3 Å². The van der Waals surface area contributed by atoms with Crippen LogP contribution < -0.4 is 10.9 Å². The first-order chi connectivity index (χ1) is 13.8. The van der Waals surface area contributed by atoms with Crippen LogP contribution in [0.4, 0.5) is 0 Å². The Labute approximate surface area is 172 Å². The summed E-state index contributed by atoms with van der Waals surface area (Å²) in [5.41, 5.74) is 7.13. The van der Waals surface area contributed by atoms with Gasteiger partial charge >= 0.3 is 0 Å². The van der Waals surface area contributed by atoms with Crippen LogP contribution in [0.25, 0.3) is 0 Å². The molecule has 1 amide bonds. The zero-order valence-electron chi connectivity index (χ0n) is 17.7. The lowest BCUT2D eigenvalue weighted by atomic mass is 9.88. The van der Waals surface area contributed by atoms with Gasteiger partial charge in [0.05, 0.1) is 0 Å². The first-order valence-electron chi connectivity index (χ1n) is 9.91. The lowest BCUT2D eigenvalue weighted by Gasteiger charge is -2.17. The lowest BCUT2D eigenvalue weighted by molar-refractivity contribution is 0.0949. The van der Waals surface area contributed by atoms with Crippen molar-refractivity contribution in [2.45, 2.75) is 47.1 Å². The van der Waals surface area contributed by atoms with E-state index in [1.54, 1.807) is 0 Å². The second kappa shape index (κ2) is 8.48. The summed E-state index contributed by atoms with van der Waals surface area (Å²) in [4.78, 5) is 27.9. The Morgan fingerprint density at radius 2 is 1.55 bits per heavy atom. The highest BCUT2D eigenvalue weighted by atomic mass is 16.1. The van der Waals surface area contributed by atoms with Crippen LogP contribution in [0, 0.1) is 27.7 Å². The summed E-state index contributed by atoms with van der Waals surface area (Å²) in [7, 11) is 0. The smallest absolute Gasteiger partial charge is 0.253 e. The predicted molar refractivity (Wildman–Crippen MR) is 118 cm³/mol. The van der Waals surface area contributed by atoms with E-state index in [4.69, 9.17) is 0 Å². The monoisotopic (exact) mass is 388 g/mol. The maximum absolute atomic E-state index is 12.9. The van der Waals surface area contributed by atoms with Gasteiger partial charge in [0.25, 0.3) is 11.5 Å². The second-order valence-corrected chi connectivity index (χ2v) is 7.79. The van der Waals surface area contributed by atoms with Gasteiger partial charge in [-0.1, -0.05) is 49.4 Å². The number of amides is 1. The molecule has 0 spiro atoms. The van der Waals surface area contributed by atoms with Crippen molar-refractivity contribution in [2.75, 3.05) is 0 Å². The van der Waals surface area contributed by atoms with E-state index in [1.165, 1.54) is 11.1 Å². The molecular formula is C25H28N2O2. The van der Waals surface area contributed by atoms with E-state index in [-0.39, 0.29) is 23.9 Å². The zero-order valence-corrected chi connectivity index (χ0v) is 17.7. The van der Waals surface area contributed by atoms with Crippen molar-refractivity contribution >= 4 is 5.91 Å². The molecule has 0 aliphatic heterocycles. The fraction of sp³-hybridized carbons (Fsp3) is 0.280. The van der Waals surface area contributed by atoms with Gasteiger partial charge in [-0.25, -0.2) is 0 Å². The van der Waals surface area contributed by atoms with Gasteiger partial charge in [-0.2, -0.15) is 0 Å². The number of benzene rings is 2. The summed E-state index contributed by atoms with van der Waals surface area (Å²) in [5.74, 6) is 0.0952. The molecule has 2 aromatic carbocycles. The van der Waals surface area contributed by atoms with Gasteiger partial charge in [-0.15, -0.1) is 0 Å². The first-order valence-corrected chi connectivity index (χ1v) is 9.91. The molecule has 0 unspecified atom stereocenters. The Morgan fingerprint density at radius 1 is 0.931 bits per heavy atom. The Hall–Kier alpha value is -3.14. The largest absolute Gasteiger partial charge is 0.348 e. The summed E-state index contributed by atoms with van der Waals surface area (Å²) in [6.07, 6.45) is 0. The number of aromatic nitrogens is 1. The third-order valence-corrected chi connectivity index (χ3v) is 5.50. The van der Waals surface area contributed by atoms with E-state index in [2.05, 4.69) is 41.5 Å². The van der Waals surface area contributed by atoms with Gasteiger partial charge in [-0.05, 0) is 61.6 Å². The standard InChI is InChI=1S/C25H28N2O2/c1-15-11-18(4)27-24(28)22(15)14-26-25(29)23-16(2)12-21(13-17(23)3)19(5)20-9-7-6-8-10-20/h6-13,19H,14H2,1-5H3,(H,26,29)(H,27,28)/t19-/m0/s1. The molecule has 0 saturated heterocycles. The Balaban J connectivity index is 1.82. The molecule has 4 nitrogen and oxygen atoms in total. The second-order valence-electron chi connectivity index (χ2n) is 7.79. The normalized spacial score (nSPS) is 11.9. The zero-order chi connectivity index (χ0) is 21.1. The van der Waals surface area contributed by atoms with E-state index in [1.807, 2.05) is 52.0 Å².